The summed E-state index contributed by atoms with van der Waals surface area (Å²) in [5.74, 6) is -0.0838. The first-order valence-corrected chi connectivity index (χ1v) is 7.89. The standard InChI is InChI=1S/C14H21N3O9/c15-7-1-2-17(13(23)16-7)12-14(24,10(22)6(3-18)26-12)11-9(21)8(20)5(19)4-25-11/h1-2,5-6,8-12,18-22,24H,3-4H2,(H2,15,16,23)/t5-,6-,8-,9+,10-,11?,12-,14+/m1/s1. The summed E-state index contributed by atoms with van der Waals surface area (Å²) in [5, 5.41) is 60.8. The number of anilines is 1. The van der Waals surface area contributed by atoms with Crippen LogP contribution >= 0.6 is 0 Å². The highest BCUT2D eigenvalue weighted by Crippen LogP contribution is 2.43. The third-order valence-corrected chi connectivity index (χ3v) is 4.77. The minimum Gasteiger partial charge on any atom is -0.394 e. The molecule has 8 atom stereocenters. The van der Waals surface area contributed by atoms with Gasteiger partial charge in [-0.05, 0) is 6.07 Å². The van der Waals surface area contributed by atoms with Crippen LogP contribution in [-0.2, 0) is 9.47 Å². The zero-order valence-corrected chi connectivity index (χ0v) is 13.5. The topological polar surface area (TPSA) is 201 Å². The van der Waals surface area contributed by atoms with Gasteiger partial charge in [0.25, 0.3) is 0 Å². The molecule has 26 heavy (non-hydrogen) atoms. The number of aliphatic hydroxyl groups excluding tert-OH is 5. The van der Waals surface area contributed by atoms with Crippen LogP contribution in [0.1, 0.15) is 6.23 Å². The van der Waals surface area contributed by atoms with Gasteiger partial charge in [0.15, 0.2) is 11.8 Å². The van der Waals surface area contributed by atoms with Crippen LogP contribution in [0.3, 0.4) is 0 Å². The van der Waals surface area contributed by atoms with Crippen molar-refractivity contribution in [1.29, 1.82) is 0 Å². The molecule has 1 aromatic rings. The van der Waals surface area contributed by atoms with Gasteiger partial charge in [-0.1, -0.05) is 0 Å². The van der Waals surface area contributed by atoms with Gasteiger partial charge >= 0.3 is 5.69 Å². The van der Waals surface area contributed by atoms with Gasteiger partial charge in [0.05, 0.1) is 13.2 Å². The number of aliphatic hydroxyl groups is 6. The monoisotopic (exact) mass is 375 g/mol. The third-order valence-electron chi connectivity index (χ3n) is 4.77. The molecular weight excluding hydrogens is 354 g/mol. The Labute approximate surface area is 146 Å². The zero-order chi connectivity index (χ0) is 19.2. The van der Waals surface area contributed by atoms with E-state index >= 15 is 0 Å². The molecule has 2 saturated heterocycles. The molecule has 0 bridgehead atoms. The van der Waals surface area contributed by atoms with Gasteiger partial charge in [0.2, 0.25) is 0 Å². The Hall–Kier alpha value is -1.64. The lowest BCUT2D eigenvalue weighted by molar-refractivity contribution is -0.267. The Morgan fingerprint density at radius 1 is 1.31 bits per heavy atom. The molecule has 2 aliphatic heterocycles. The molecule has 12 nitrogen and oxygen atoms in total. The lowest BCUT2D eigenvalue weighted by Gasteiger charge is -2.45. The number of nitrogens with zero attached hydrogens (tertiary/aromatic N) is 2. The molecule has 1 unspecified atom stereocenters. The fraction of sp³-hybridized carbons (Fsp3) is 0.714. The minimum absolute atomic E-state index is 0.0838. The van der Waals surface area contributed by atoms with Crippen LogP contribution < -0.4 is 11.4 Å². The SMILES string of the molecule is Nc1ccn([C@@H]2O[C@H](CO)[C@@H](O)[C@]2(O)C2OC[C@@H](O)[C@@H](O)[C@@H]2O)c(=O)n1. The first kappa shape index (κ1) is 19.1. The molecule has 3 rings (SSSR count). The van der Waals surface area contributed by atoms with Crippen LogP contribution in [-0.4, -0.2) is 95.6 Å². The molecule has 12 heteroatoms. The van der Waals surface area contributed by atoms with E-state index in [0.717, 1.165) is 10.8 Å². The second-order valence-corrected chi connectivity index (χ2v) is 6.39. The van der Waals surface area contributed by atoms with Crippen molar-refractivity contribution in [2.75, 3.05) is 18.9 Å². The number of aromatic nitrogens is 2. The predicted molar refractivity (Wildman–Crippen MR) is 82.6 cm³/mol. The third kappa shape index (κ3) is 2.80. The van der Waals surface area contributed by atoms with Gasteiger partial charge in [-0.2, -0.15) is 4.98 Å². The molecule has 0 aliphatic carbocycles. The summed E-state index contributed by atoms with van der Waals surface area (Å²) in [6, 6.07) is 1.25. The van der Waals surface area contributed by atoms with Crippen molar-refractivity contribution < 1.29 is 40.1 Å². The molecule has 1 aromatic heterocycles. The van der Waals surface area contributed by atoms with Gasteiger partial charge in [0.1, 0.15) is 42.4 Å². The maximum Gasteiger partial charge on any atom is 0.351 e. The van der Waals surface area contributed by atoms with Crippen LogP contribution in [0, 0.1) is 0 Å². The number of nitrogen functional groups attached to an aromatic ring is 1. The second-order valence-electron chi connectivity index (χ2n) is 6.39. The first-order valence-electron chi connectivity index (χ1n) is 7.89. The van der Waals surface area contributed by atoms with Gasteiger partial charge in [-0.25, -0.2) is 4.79 Å². The Bertz CT molecular complexity index is 715. The van der Waals surface area contributed by atoms with Crippen molar-refractivity contribution in [3.63, 3.8) is 0 Å². The van der Waals surface area contributed by atoms with Gasteiger partial charge in [0, 0.05) is 6.20 Å². The molecule has 2 fully saturated rings. The van der Waals surface area contributed by atoms with Gasteiger partial charge in [-0.15, -0.1) is 0 Å². The van der Waals surface area contributed by atoms with E-state index in [1.807, 2.05) is 0 Å². The van der Waals surface area contributed by atoms with E-state index in [2.05, 4.69) is 4.98 Å². The molecule has 0 saturated carbocycles. The van der Waals surface area contributed by atoms with Crippen molar-refractivity contribution in [3.05, 3.63) is 22.7 Å². The van der Waals surface area contributed by atoms with E-state index in [-0.39, 0.29) is 5.82 Å². The summed E-state index contributed by atoms with van der Waals surface area (Å²) in [6.45, 7) is -1.14. The Kier molecular flexibility index (Phi) is 5.02. The highest BCUT2D eigenvalue weighted by molar-refractivity contribution is 5.24. The summed E-state index contributed by atoms with van der Waals surface area (Å²) in [5.41, 5.74) is 2.07. The average molecular weight is 375 g/mol. The van der Waals surface area contributed by atoms with Crippen LogP contribution in [0.4, 0.5) is 5.82 Å². The number of hydrogen-bond acceptors (Lipinski definition) is 11. The zero-order valence-electron chi connectivity index (χ0n) is 13.5. The lowest BCUT2D eigenvalue weighted by atomic mass is 9.81. The summed E-state index contributed by atoms with van der Waals surface area (Å²) in [4.78, 5) is 15.6. The van der Waals surface area contributed by atoms with Crippen molar-refractivity contribution in [2.45, 2.75) is 48.5 Å². The first-order chi connectivity index (χ1) is 12.2. The smallest absolute Gasteiger partial charge is 0.351 e. The van der Waals surface area contributed by atoms with E-state index < -0.39 is 67.4 Å². The van der Waals surface area contributed by atoms with E-state index in [1.165, 1.54) is 6.07 Å². The normalized spacial score (nSPS) is 43.5. The highest BCUT2D eigenvalue weighted by Gasteiger charge is 2.64. The lowest BCUT2D eigenvalue weighted by Crippen LogP contribution is -2.67. The summed E-state index contributed by atoms with van der Waals surface area (Å²) < 4.78 is 11.5. The second kappa shape index (κ2) is 6.83. The molecule has 146 valence electrons. The quantitative estimate of drug-likeness (QED) is 0.267. The summed E-state index contributed by atoms with van der Waals surface area (Å²) in [7, 11) is 0. The predicted octanol–water partition coefficient (Wildman–Crippen LogP) is -4.71. The summed E-state index contributed by atoms with van der Waals surface area (Å²) in [6.07, 6.45) is -10.1. The molecule has 0 radical (unpaired) electrons. The van der Waals surface area contributed by atoms with Crippen LogP contribution in [0.2, 0.25) is 0 Å². The molecule has 8 N–H and O–H groups in total. The Morgan fingerprint density at radius 3 is 2.62 bits per heavy atom. The van der Waals surface area contributed by atoms with Gasteiger partial charge in [-0.3, -0.25) is 4.57 Å². The molecule has 0 spiro atoms. The Morgan fingerprint density at radius 2 is 2.00 bits per heavy atom. The maximum absolute atomic E-state index is 12.1. The maximum atomic E-state index is 12.1. The van der Waals surface area contributed by atoms with E-state index in [9.17, 15) is 35.4 Å². The number of ether oxygens (including phenoxy) is 2. The van der Waals surface area contributed by atoms with E-state index in [4.69, 9.17) is 15.2 Å². The Balaban J connectivity index is 2.06. The minimum atomic E-state index is -2.45. The van der Waals surface area contributed by atoms with Crippen LogP contribution in [0.25, 0.3) is 0 Å². The number of nitrogens with two attached hydrogens (primary N) is 1. The fourth-order valence-corrected chi connectivity index (χ4v) is 3.35. The molecular formula is C14H21N3O9. The highest BCUT2D eigenvalue weighted by atomic mass is 16.6. The van der Waals surface area contributed by atoms with Crippen LogP contribution in [0.15, 0.2) is 17.1 Å². The molecule has 3 heterocycles. The average Bonchev–Trinajstić information content (AvgIpc) is 2.85. The van der Waals surface area contributed by atoms with Crippen LogP contribution in [0.5, 0.6) is 0 Å². The van der Waals surface area contributed by atoms with Gasteiger partial charge < -0.3 is 45.8 Å². The van der Waals surface area contributed by atoms with E-state index in [0.29, 0.717) is 0 Å². The number of rotatable bonds is 3. The van der Waals surface area contributed by atoms with Crippen molar-refractivity contribution in [1.82, 2.24) is 9.55 Å². The summed E-state index contributed by atoms with van der Waals surface area (Å²) >= 11 is 0. The number of hydrogen-bond donors (Lipinski definition) is 7. The van der Waals surface area contributed by atoms with Crippen molar-refractivity contribution in [3.8, 4) is 0 Å². The van der Waals surface area contributed by atoms with E-state index in [1.54, 1.807) is 0 Å². The largest absolute Gasteiger partial charge is 0.394 e. The molecule has 0 aromatic carbocycles. The fourth-order valence-electron chi connectivity index (χ4n) is 3.35. The molecule has 2 aliphatic rings. The van der Waals surface area contributed by atoms with Crippen molar-refractivity contribution >= 4 is 5.82 Å². The molecule has 0 amide bonds. The van der Waals surface area contributed by atoms with Crippen molar-refractivity contribution in [2.24, 2.45) is 0 Å².